The number of hydrogen-bond donors (Lipinski definition) is 2. The lowest BCUT2D eigenvalue weighted by Crippen LogP contribution is -2.35. The number of benzene rings is 4. The molecule has 0 unspecified atom stereocenters. The Bertz CT molecular complexity index is 1330. The molecule has 4 aromatic carbocycles. The van der Waals surface area contributed by atoms with Gasteiger partial charge in [-0.2, -0.15) is 0 Å². The van der Waals surface area contributed by atoms with Gasteiger partial charge in [-0.1, -0.05) is 50.5 Å². The molecule has 0 heterocycles. The summed E-state index contributed by atoms with van der Waals surface area (Å²) < 4.78 is 12.7. The van der Waals surface area contributed by atoms with Crippen LogP contribution in [0.25, 0.3) is 0 Å². The zero-order chi connectivity index (χ0) is 28.4. The van der Waals surface area contributed by atoms with E-state index in [-0.39, 0.29) is 5.41 Å². The molecular weight excluding hydrogens is 492 g/mol. The Labute approximate surface area is 239 Å². The minimum absolute atomic E-state index is 0.134. The Morgan fingerprint density at radius 1 is 0.575 bits per heavy atom. The molecule has 1 fully saturated rings. The van der Waals surface area contributed by atoms with Crippen molar-refractivity contribution in [1.29, 1.82) is 0 Å². The van der Waals surface area contributed by atoms with Crippen LogP contribution in [-0.2, 0) is 5.41 Å². The Morgan fingerprint density at radius 2 is 0.925 bits per heavy atom. The van der Waals surface area contributed by atoms with Crippen molar-refractivity contribution in [1.82, 2.24) is 0 Å². The van der Waals surface area contributed by atoms with Gasteiger partial charge in [0.2, 0.25) is 0 Å². The van der Waals surface area contributed by atoms with Crippen LogP contribution in [0.4, 0.5) is 11.4 Å². The highest BCUT2D eigenvalue weighted by Crippen LogP contribution is 2.48. The van der Waals surface area contributed by atoms with Crippen LogP contribution >= 0.6 is 0 Å². The van der Waals surface area contributed by atoms with Crippen molar-refractivity contribution >= 4 is 11.4 Å². The number of nitrogens with two attached hydrogens (primary N) is 2. The predicted molar refractivity (Wildman–Crippen MR) is 167 cm³/mol. The molecule has 4 heteroatoms. The zero-order valence-corrected chi connectivity index (χ0v) is 24.5. The molecule has 0 aliphatic heterocycles. The Morgan fingerprint density at radius 3 is 1.27 bits per heavy atom. The SMILES string of the molecule is Cc1cc(C(C)(c2cc(C)c(Oc3ccc(N)cc3)c(C)c2)C2CCCCC2)cc(C)c1Oc1ccc(N)cc1. The van der Waals surface area contributed by atoms with E-state index in [2.05, 4.69) is 58.9 Å². The third kappa shape index (κ3) is 5.54. The number of nitrogen functional groups attached to an aromatic ring is 2. The molecule has 40 heavy (non-hydrogen) atoms. The lowest BCUT2D eigenvalue weighted by atomic mass is 9.62. The normalized spacial score (nSPS) is 14.2. The third-order valence-corrected chi connectivity index (χ3v) is 8.74. The van der Waals surface area contributed by atoms with Gasteiger partial charge in [-0.25, -0.2) is 0 Å². The average molecular weight is 535 g/mol. The summed E-state index contributed by atoms with van der Waals surface area (Å²) in [5.74, 6) is 3.99. The van der Waals surface area contributed by atoms with Gasteiger partial charge in [0.05, 0.1) is 0 Å². The summed E-state index contributed by atoms with van der Waals surface area (Å²) in [5, 5.41) is 0. The van der Waals surface area contributed by atoms with Crippen LogP contribution < -0.4 is 20.9 Å². The molecule has 1 aliphatic carbocycles. The van der Waals surface area contributed by atoms with E-state index < -0.39 is 0 Å². The van der Waals surface area contributed by atoms with E-state index in [4.69, 9.17) is 20.9 Å². The van der Waals surface area contributed by atoms with Crippen LogP contribution in [0, 0.1) is 33.6 Å². The van der Waals surface area contributed by atoms with Crippen molar-refractivity contribution < 1.29 is 9.47 Å². The molecule has 4 aromatic rings. The van der Waals surface area contributed by atoms with Crippen molar-refractivity contribution in [3.63, 3.8) is 0 Å². The van der Waals surface area contributed by atoms with Gasteiger partial charge in [0.25, 0.3) is 0 Å². The predicted octanol–water partition coefficient (Wildman–Crippen LogP) is 9.56. The maximum Gasteiger partial charge on any atom is 0.133 e. The molecule has 1 saturated carbocycles. The van der Waals surface area contributed by atoms with Crippen LogP contribution in [0.2, 0.25) is 0 Å². The molecule has 5 rings (SSSR count). The van der Waals surface area contributed by atoms with E-state index in [1.54, 1.807) is 0 Å². The van der Waals surface area contributed by atoms with Gasteiger partial charge in [-0.05, 0) is 128 Å². The van der Waals surface area contributed by atoms with E-state index in [0.29, 0.717) is 5.92 Å². The van der Waals surface area contributed by atoms with Crippen LogP contribution in [0.5, 0.6) is 23.0 Å². The van der Waals surface area contributed by atoms with Gasteiger partial charge >= 0.3 is 0 Å². The van der Waals surface area contributed by atoms with E-state index in [1.165, 1.54) is 43.2 Å². The van der Waals surface area contributed by atoms with Gasteiger partial charge < -0.3 is 20.9 Å². The standard InChI is InChI=1S/C36H42N2O2/c1-23-19-28(20-24(2)34(23)39-32-15-11-30(37)12-16-32)36(5,27-9-7-6-8-10-27)29-21-25(3)35(26(4)22-29)40-33-17-13-31(38)14-18-33/h11-22,27H,6-10,37-38H2,1-5H3. The Hall–Kier alpha value is -3.92. The second-order valence-electron chi connectivity index (χ2n) is 11.8. The summed E-state index contributed by atoms with van der Waals surface area (Å²) >= 11 is 0. The van der Waals surface area contributed by atoms with Crippen LogP contribution in [0.15, 0.2) is 72.8 Å². The van der Waals surface area contributed by atoms with Gasteiger partial charge in [-0.3, -0.25) is 0 Å². The Balaban J connectivity index is 1.55. The van der Waals surface area contributed by atoms with E-state index >= 15 is 0 Å². The molecule has 0 amide bonds. The highest BCUT2D eigenvalue weighted by Gasteiger charge is 2.39. The second kappa shape index (κ2) is 11.3. The lowest BCUT2D eigenvalue weighted by Gasteiger charge is -2.42. The fourth-order valence-corrected chi connectivity index (χ4v) is 6.45. The molecule has 4 nitrogen and oxygen atoms in total. The van der Waals surface area contributed by atoms with Gasteiger partial charge in [0, 0.05) is 16.8 Å². The molecule has 0 atom stereocenters. The average Bonchev–Trinajstić information content (AvgIpc) is 2.94. The molecule has 0 aromatic heterocycles. The molecule has 208 valence electrons. The van der Waals surface area contributed by atoms with E-state index in [0.717, 1.165) is 56.6 Å². The molecule has 4 N–H and O–H groups in total. The van der Waals surface area contributed by atoms with E-state index in [1.807, 2.05) is 48.5 Å². The van der Waals surface area contributed by atoms with Gasteiger partial charge in [-0.15, -0.1) is 0 Å². The summed E-state index contributed by atoms with van der Waals surface area (Å²) in [6.45, 7) is 11.1. The monoisotopic (exact) mass is 534 g/mol. The summed E-state index contributed by atoms with van der Waals surface area (Å²) in [6.07, 6.45) is 6.37. The largest absolute Gasteiger partial charge is 0.457 e. The van der Waals surface area contributed by atoms with Crippen LogP contribution in [0.1, 0.15) is 72.4 Å². The molecule has 0 radical (unpaired) electrons. The number of hydrogen-bond acceptors (Lipinski definition) is 4. The summed E-state index contributed by atoms with van der Waals surface area (Å²) in [4.78, 5) is 0. The quantitative estimate of drug-likeness (QED) is 0.232. The van der Waals surface area contributed by atoms with Crippen LogP contribution in [-0.4, -0.2) is 0 Å². The molecule has 1 aliphatic rings. The fraction of sp³-hybridized carbons (Fsp3) is 0.333. The van der Waals surface area contributed by atoms with Crippen molar-refractivity contribution in [3.8, 4) is 23.0 Å². The van der Waals surface area contributed by atoms with Crippen molar-refractivity contribution in [3.05, 3.63) is 106 Å². The Kier molecular flexibility index (Phi) is 7.80. The highest BCUT2D eigenvalue weighted by atomic mass is 16.5. The second-order valence-corrected chi connectivity index (χ2v) is 11.8. The maximum atomic E-state index is 6.35. The molecular formula is C36H42N2O2. The first-order chi connectivity index (χ1) is 19.1. The first-order valence-electron chi connectivity index (χ1n) is 14.5. The van der Waals surface area contributed by atoms with Crippen LogP contribution in [0.3, 0.4) is 0 Å². The minimum Gasteiger partial charge on any atom is -0.457 e. The third-order valence-electron chi connectivity index (χ3n) is 8.74. The van der Waals surface area contributed by atoms with Crippen molar-refractivity contribution in [2.45, 2.75) is 72.1 Å². The number of ether oxygens (including phenoxy) is 2. The topological polar surface area (TPSA) is 70.5 Å². The summed E-state index contributed by atoms with van der Waals surface area (Å²) in [5.41, 5.74) is 20.4. The highest BCUT2D eigenvalue weighted by molar-refractivity contribution is 5.55. The van der Waals surface area contributed by atoms with Gasteiger partial charge in [0.1, 0.15) is 23.0 Å². The maximum absolute atomic E-state index is 6.35. The zero-order valence-electron chi connectivity index (χ0n) is 24.5. The van der Waals surface area contributed by atoms with Crippen molar-refractivity contribution in [2.75, 3.05) is 11.5 Å². The van der Waals surface area contributed by atoms with Crippen molar-refractivity contribution in [2.24, 2.45) is 5.92 Å². The van der Waals surface area contributed by atoms with E-state index in [9.17, 15) is 0 Å². The number of anilines is 2. The summed E-state index contributed by atoms with van der Waals surface area (Å²) in [6, 6.07) is 24.6. The lowest BCUT2D eigenvalue weighted by molar-refractivity contribution is 0.253. The smallest absolute Gasteiger partial charge is 0.133 e. The fourth-order valence-electron chi connectivity index (χ4n) is 6.45. The van der Waals surface area contributed by atoms with Gasteiger partial charge in [0.15, 0.2) is 0 Å². The molecule has 0 saturated heterocycles. The first-order valence-corrected chi connectivity index (χ1v) is 14.5. The molecule has 0 bridgehead atoms. The number of aryl methyl sites for hydroxylation is 4. The summed E-state index contributed by atoms with van der Waals surface area (Å²) in [7, 11) is 0. The minimum atomic E-state index is -0.134. The number of rotatable bonds is 7. The first kappa shape index (κ1) is 27.6. The molecule has 0 spiro atoms.